The number of nitrogens with one attached hydrogen (secondary N) is 3. The molecule has 0 aliphatic rings. The number of nitrogens with zero attached hydrogens (tertiary/aromatic N) is 3. The third-order valence-corrected chi connectivity index (χ3v) is 6.28. The minimum Gasteiger partial charge on any atom is -0.438 e. The van der Waals surface area contributed by atoms with Gasteiger partial charge in [0.1, 0.15) is 23.5 Å². The fourth-order valence-corrected chi connectivity index (χ4v) is 4.07. The first-order valence-corrected chi connectivity index (χ1v) is 12.8. The molecule has 0 fully saturated rings. The number of carbonyl (C=O) groups excluding carboxylic acids is 2. The summed E-state index contributed by atoms with van der Waals surface area (Å²) in [7, 11) is 3.36. The number of hydrogen-bond acceptors (Lipinski definition) is 7. The van der Waals surface area contributed by atoms with Gasteiger partial charge < -0.3 is 20.7 Å². The predicted octanol–water partition coefficient (Wildman–Crippen LogP) is 5.18. The van der Waals surface area contributed by atoms with Gasteiger partial charge in [-0.15, -0.1) is 0 Å². The summed E-state index contributed by atoms with van der Waals surface area (Å²) in [5.74, 6) is 7.23. The fourth-order valence-electron chi connectivity index (χ4n) is 4.07. The van der Waals surface area contributed by atoms with Crippen LogP contribution in [0.3, 0.4) is 0 Å². The van der Waals surface area contributed by atoms with Gasteiger partial charge in [-0.25, -0.2) is 15.0 Å². The molecule has 2 aromatic heterocycles. The van der Waals surface area contributed by atoms with Crippen molar-refractivity contribution >= 4 is 34.2 Å². The standard InChI is InChI=1S/C32H26N6O3/c1-20-6-9-23(18-22(20)10-7-21-8-15-26-28(17-21)36-19-37-29(26)33-2)30(39)38-24-11-13-25(14-12-24)41-32-27(31(40)34-3)5-4-16-35-32/h4-6,8-9,11-19H,1-3H3,(H,34,40)(H,38,39)(H,33,36,37). The molecule has 3 aromatic carbocycles. The zero-order valence-electron chi connectivity index (χ0n) is 22.6. The first kappa shape index (κ1) is 26.8. The van der Waals surface area contributed by atoms with Crippen molar-refractivity contribution in [3.05, 3.63) is 113 Å². The van der Waals surface area contributed by atoms with Gasteiger partial charge in [0.05, 0.1) is 5.52 Å². The van der Waals surface area contributed by atoms with Crippen molar-refractivity contribution in [3.8, 4) is 23.5 Å². The van der Waals surface area contributed by atoms with E-state index < -0.39 is 0 Å². The van der Waals surface area contributed by atoms with Crippen LogP contribution in [0.15, 0.2) is 85.3 Å². The second kappa shape index (κ2) is 12.0. The number of benzene rings is 3. The predicted molar refractivity (Wildman–Crippen MR) is 158 cm³/mol. The van der Waals surface area contributed by atoms with Crippen LogP contribution in [-0.4, -0.2) is 40.9 Å². The van der Waals surface area contributed by atoms with Crippen molar-refractivity contribution < 1.29 is 14.3 Å². The van der Waals surface area contributed by atoms with E-state index in [2.05, 4.69) is 42.7 Å². The zero-order valence-corrected chi connectivity index (χ0v) is 22.6. The number of aryl methyl sites for hydroxylation is 1. The van der Waals surface area contributed by atoms with Gasteiger partial charge in [-0.1, -0.05) is 17.9 Å². The molecule has 2 amide bonds. The summed E-state index contributed by atoms with van der Waals surface area (Å²) >= 11 is 0. The van der Waals surface area contributed by atoms with Crippen LogP contribution in [-0.2, 0) is 0 Å². The largest absolute Gasteiger partial charge is 0.438 e. The van der Waals surface area contributed by atoms with Gasteiger partial charge >= 0.3 is 0 Å². The van der Waals surface area contributed by atoms with E-state index in [1.54, 1.807) is 61.8 Å². The summed E-state index contributed by atoms with van der Waals surface area (Å²) in [5.41, 5.74) is 4.70. The van der Waals surface area contributed by atoms with Crippen LogP contribution in [0.1, 0.15) is 37.4 Å². The number of anilines is 2. The van der Waals surface area contributed by atoms with E-state index in [9.17, 15) is 9.59 Å². The molecule has 0 bridgehead atoms. The smallest absolute Gasteiger partial charge is 0.256 e. The number of amides is 2. The van der Waals surface area contributed by atoms with Crippen LogP contribution in [0.4, 0.5) is 11.5 Å². The molecule has 0 saturated heterocycles. The number of ether oxygens (including phenoxy) is 1. The van der Waals surface area contributed by atoms with E-state index >= 15 is 0 Å². The Balaban J connectivity index is 1.29. The molecule has 5 rings (SSSR count). The lowest BCUT2D eigenvalue weighted by atomic mass is 10.0. The summed E-state index contributed by atoms with van der Waals surface area (Å²) in [6.07, 6.45) is 3.06. The Morgan fingerprint density at radius 3 is 2.46 bits per heavy atom. The third kappa shape index (κ3) is 6.13. The summed E-state index contributed by atoms with van der Waals surface area (Å²) in [6, 6.07) is 21.3. The van der Waals surface area contributed by atoms with Crippen molar-refractivity contribution in [2.24, 2.45) is 0 Å². The molecule has 3 N–H and O–H groups in total. The molecule has 2 heterocycles. The van der Waals surface area contributed by atoms with Gasteiger partial charge in [-0.05, 0) is 79.2 Å². The summed E-state index contributed by atoms with van der Waals surface area (Å²) in [5, 5.41) is 9.44. The Kier molecular flexibility index (Phi) is 7.83. The molecule has 0 spiro atoms. The molecule has 5 aromatic rings. The van der Waals surface area contributed by atoms with Crippen molar-refractivity contribution in [2.45, 2.75) is 6.92 Å². The second-order valence-electron chi connectivity index (χ2n) is 9.00. The van der Waals surface area contributed by atoms with Crippen LogP contribution in [0.25, 0.3) is 10.9 Å². The Morgan fingerprint density at radius 1 is 0.854 bits per heavy atom. The van der Waals surface area contributed by atoms with E-state index in [4.69, 9.17) is 4.74 Å². The fraction of sp³-hybridized carbons (Fsp3) is 0.0938. The van der Waals surface area contributed by atoms with Gasteiger partial charge in [0, 0.05) is 48.1 Å². The number of aromatic nitrogens is 3. The van der Waals surface area contributed by atoms with Gasteiger partial charge in [0.25, 0.3) is 11.8 Å². The zero-order chi connectivity index (χ0) is 28.8. The molecule has 0 unspecified atom stereocenters. The first-order valence-electron chi connectivity index (χ1n) is 12.8. The molecule has 0 atom stereocenters. The number of fused-ring (bicyclic) bond motifs is 1. The first-order chi connectivity index (χ1) is 19.9. The highest BCUT2D eigenvalue weighted by molar-refractivity contribution is 6.04. The minimum absolute atomic E-state index is 0.191. The molecular weight excluding hydrogens is 516 g/mol. The van der Waals surface area contributed by atoms with Crippen LogP contribution >= 0.6 is 0 Å². The maximum atomic E-state index is 13.0. The molecule has 0 saturated carbocycles. The minimum atomic E-state index is -0.297. The third-order valence-electron chi connectivity index (χ3n) is 6.28. The molecule has 0 aliphatic carbocycles. The van der Waals surface area contributed by atoms with Gasteiger partial charge in [0.15, 0.2) is 0 Å². The highest BCUT2D eigenvalue weighted by atomic mass is 16.5. The number of rotatable bonds is 6. The molecule has 9 heteroatoms. The normalized spacial score (nSPS) is 10.3. The monoisotopic (exact) mass is 542 g/mol. The Morgan fingerprint density at radius 2 is 1.68 bits per heavy atom. The number of carbonyl (C=O) groups is 2. The average molecular weight is 543 g/mol. The molecule has 0 aliphatic heterocycles. The van der Waals surface area contributed by atoms with Gasteiger partial charge in [-0.2, -0.15) is 0 Å². The van der Waals surface area contributed by atoms with Crippen molar-refractivity contribution in [3.63, 3.8) is 0 Å². The number of pyridine rings is 1. The SMILES string of the molecule is CNC(=O)c1cccnc1Oc1ccc(NC(=O)c2ccc(C)c(C#Cc3ccc4c(NC)ncnc4c3)c2)cc1. The lowest BCUT2D eigenvalue weighted by molar-refractivity contribution is 0.0959. The van der Waals surface area contributed by atoms with E-state index in [0.717, 1.165) is 33.4 Å². The quantitative estimate of drug-likeness (QED) is 0.253. The Bertz CT molecular complexity index is 1820. The molecule has 41 heavy (non-hydrogen) atoms. The van der Waals surface area contributed by atoms with Crippen LogP contribution in [0.2, 0.25) is 0 Å². The van der Waals surface area contributed by atoms with Crippen molar-refractivity contribution in [2.75, 3.05) is 24.7 Å². The van der Waals surface area contributed by atoms with Crippen LogP contribution < -0.4 is 20.7 Å². The average Bonchev–Trinajstić information content (AvgIpc) is 3.01. The highest BCUT2D eigenvalue weighted by Gasteiger charge is 2.13. The molecule has 0 radical (unpaired) electrons. The highest BCUT2D eigenvalue weighted by Crippen LogP contribution is 2.25. The van der Waals surface area contributed by atoms with Crippen LogP contribution in [0.5, 0.6) is 11.6 Å². The second-order valence-corrected chi connectivity index (χ2v) is 9.00. The topological polar surface area (TPSA) is 118 Å². The van der Waals surface area contributed by atoms with Gasteiger partial charge in [-0.3, -0.25) is 9.59 Å². The van der Waals surface area contributed by atoms with E-state index in [0.29, 0.717) is 22.6 Å². The van der Waals surface area contributed by atoms with Gasteiger partial charge in [0.2, 0.25) is 5.88 Å². The maximum absolute atomic E-state index is 13.0. The van der Waals surface area contributed by atoms with Crippen molar-refractivity contribution in [1.82, 2.24) is 20.3 Å². The van der Waals surface area contributed by atoms with Crippen molar-refractivity contribution in [1.29, 1.82) is 0 Å². The summed E-state index contributed by atoms with van der Waals surface area (Å²) in [4.78, 5) is 37.8. The van der Waals surface area contributed by atoms with E-state index in [1.165, 1.54) is 6.33 Å². The van der Waals surface area contributed by atoms with E-state index in [-0.39, 0.29) is 17.7 Å². The summed E-state index contributed by atoms with van der Waals surface area (Å²) < 4.78 is 5.79. The Labute approximate surface area is 237 Å². The Hall–Kier alpha value is -5.75. The lowest BCUT2D eigenvalue weighted by Gasteiger charge is -2.10. The van der Waals surface area contributed by atoms with Crippen LogP contribution in [0, 0.1) is 18.8 Å². The maximum Gasteiger partial charge on any atom is 0.256 e. The lowest BCUT2D eigenvalue weighted by Crippen LogP contribution is -2.18. The number of hydrogen-bond donors (Lipinski definition) is 3. The molecule has 202 valence electrons. The summed E-state index contributed by atoms with van der Waals surface area (Å²) in [6.45, 7) is 1.95. The molecular formula is C32H26N6O3. The van der Waals surface area contributed by atoms with E-state index in [1.807, 2.05) is 38.2 Å². The molecule has 9 nitrogen and oxygen atoms in total.